The average Bonchev–Trinajstić information content (AvgIpc) is 3.37. The van der Waals surface area contributed by atoms with Gasteiger partial charge in [0, 0.05) is 17.6 Å². The van der Waals surface area contributed by atoms with Gasteiger partial charge >= 0.3 is 5.97 Å². The molecule has 1 aromatic carbocycles. The molecule has 0 aromatic heterocycles. The van der Waals surface area contributed by atoms with Gasteiger partial charge in [-0.25, -0.2) is 8.42 Å². The molecule has 6 nitrogen and oxygen atoms in total. The van der Waals surface area contributed by atoms with Crippen molar-refractivity contribution in [1.82, 2.24) is 4.31 Å². The van der Waals surface area contributed by atoms with Crippen LogP contribution in [0.1, 0.15) is 26.7 Å². The highest BCUT2D eigenvalue weighted by molar-refractivity contribution is 7.89. The predicted molar refractivity (Wildman–Crippen MR) is 90.7 cm³/mol. The first-order chi connectivity index (χ1) is 11.3. The number of hydrogen-bond donors (Lipinski definition) is 0. The van der Waals surface area contributed by atoms with Crippen LogP contribution in [0.3, 0.4) is 0 Å². The minimum Gasteiger partial charge on any atom is -0.495 e. The molecule has 0 amide bonds. The first-order valence-corrected chi connectivity index (χ1v) is 9.65. The Balaban J connectivity index is 2.33. The highest BCUT2D eigenvalue weighted by Gasteiger charge is 2.41. The lowest BCUT2D eigenvalue weighted by Crippen LogP contribution is -2.39. The number of nitrogens with zero attached hydrogens (tertiary/aromatic N) is 1. The Hall–Kier alpha value is -1.31. The van der Waals surface area contributed by atoms with E-state index in [0.29, 0.717) is 5.02 Å². The van der Waals surface area contributed by atoms with E-state index in [1.807, 2.05) is 0 Å². The van der Waals surface area contributed by atoms with Crippen LogP contribution in [-0.2, 0) is 19.6 Å². The van der Waals surface area contributed by atoms with Gasteiger partial charge in [-0.1, -0.05) is 18.5 Å². The normalized spacial score (nSPS) is 16.0. The molecular formula is C16H22ClNO5S. The highest BCUT2D eigenvalue weighted by Crippen LogP contribution is 2.36. The quantitative estimate of drug-likeness (QED) is 0.653. The SMILES string of the molecule is CCOC(=O)C(C)CN(C1CC1)S(=O)(=O)c1cc(Cl)ccc1OC. The Labute approximate surface area is 147 Å². The number of benzene rings is 1. The lowest BCUT2D eigenvalue weighted by Gasteiger charge is -2.25. The number of carbonyl (C=O) groups is 1. The minimum absolute atomic E-state index is 0.0143. The van der Waals surface area contributed by atoms with Gasteiger partial charge in [0.15, 0.2) is 0 Å². The van der Waals surface area contributed by atoms with Crippen molar-refractivity contribution in [3.63, 3.8) is 0 Å². The second-order valence-corrected chi connectivity index (χ2v) is 8.05. The molecule has 0 heterocycles. The Morgan fingerprint density at radius 2 is 2.08 bits per heavy atom. The molecule has 0 radical (unpaired) electrons. The van der Waals surface area contributed by atoms with Crippen molar-refractivity contribution in [1.29, 1.82) is 0 Å². The van der Waals surface area contributed by atoms with Crippen LogP contribution in [0, 0.1) is 5.92 Å². The summed E-state index contributed by atoms with van der Waals surface area (Å²) in [5, 5.41) is 0.309. The Morgan fingerprint density at radius 3 is 2.62 bits per heavy atom. The summed E-state index contributed by atoms with van der Waals surface area (Å²) in [7, 11) is -2.42. The van der Waals surface area contributed by atoms with Gasteiger partial charge in [0.1, 0.15) is 10.6 Å². The monoisotopic (exact) mass is 375 g/mol. The number of methoxy groups -OCH3 is 1. The first-order valence-electron chi connectivity index (χ1n) is 7.83. The summed E-state index contributed by atoms with van der Waals surface area (Å²) in [6.45, 7) is 3.72. The molecule has 1 unspecified atom stereocenters. The number of hydrogen-bond acceptors (Lipinski definition) is 5. The van der Waals surface area contributed by atoms with E-state index in [-0.39, 0.29) is 29.8 Å². The van der Waals surface area contributed by atoms with Crippen LogP contribution in [0.15, 0.2) is 23.1 Å². The molecule has 0 N–H and O–H groups in total. The summed E-state index contributed by atoms with van der Waals surface area (Å²) in [6, 6.07) is 4.37. The summed E-state index contributed by atoms with van der Waals surface area (Å²) in [6.07, 6.45) is 1.55. The highest BCUT2D eigenvalue weighted by atomic mass is 35.5. The third-order valence-corrected chi connectivity index (χ3v) is 5.98. The molecule has 0 saturated heterocycles. The summed E-state index contributed by atoms with van der Waals surface area (Å²) < 4.78 is 37.7. The lowest BCUT2D eigenvalue weighted by atomic mass is 10.2. The van der Waals surface area contributed by atoms with Crippen molar-refractivity contribution < 1.29 is 22.7 Å². The van der Waals surface area contributed by atoms with E-state index in [2.05, 4.69) is 0 Å². The Kier molecular flexibility index (Phi) is 6.11. The number of halogens is 1. The van der Waals surface area contributed by atoms with Crippen molar-refractivity contribution >= 4 is 27.6 Å². The fourth-order valence-electron chi connectivity index (χ4n) is 2.41. The van der Waals surface area contributed by atoms with Crippen molar-refractivity contribution in [2.75, 3.05) is 20.3 Å². The second-order valence-electron chi connectivity index (χ2n) is 5.75. The Morgan fingerprint density at radius 1 is 1.42 bits per heavy atom. The van der Waals surface area contributed by atoms with Crippen LogP contribution in [0.5, 0.6) is 5.75 Å². The number of rotatable bonds is 8. The summed E-state index contributed by atoms with van der Waals surface area (Å²) in [5.41, 5.74) is 0. The predicted octanol–water partition coefficient (Wildman–Crippen LogP) is 2.70. The maximum atomic E-state index is 13.1. The molecule has 8 heteroatoms. The maximum Gasteiger partial charge on any atom is 0.309 e. The first kappa shape index (κ1) is 19.0. The topological polar surface area (TPSA) is 72.9 Å². The van der Waals surface area contributed by atoms with E-state index in [0.717, 1.165) is 12.8 Å². The molecule has 1 saturated carbocycles. The van der Waals surface area contributed by atoms with Crippen molar-refractivity contribution in [3.05, 3.63) is 23.2 Å². The van der Waals surface area contributed by atoms with E-state index in [1.165, 1.54) is 23.5 Å². The van der Waals surface area contributed by atoms with Gasteiger partial charge in [0.25, 0.3) is 0 Å². The van der Waals surface area contributed by atoms with E-state index in [1.54, 1.807) is 19.9 Å². The van der Waals surface area contributed by atoms with Gasteiger partial charge in [-0.3, -0.25) is 4.79 Å². The van der Waals surface area contributed by atoms with E-state index in [4.69, 9.17) is 21.1 Å². The van der Waals surface area contributed by atoms with Crippen molar-refractivity contribution in [3.8, 4) is 5.75 Å². The van der Waals surface area contributed by atoms with Crippen molar-refractivity contribution in [2.24, 2.45) is 5.92 Å². The van der Waals surface area contributed by atoms with Gasteiger partial charge < -0.3 is 9.47 Å². The zero-order valence-corrected chi connectivity index (χ0v) is 15.6. The number of carbonyl (C=O) groups excluding carboxylic acids is 1. The number of ether oxygens (including phenoxy) is 2. The second kappa shape index (κ2) is 7.72. The van der Waals surface area contributed by atoms with Crippen LogP contribution < -0.4 is 4.74 Å². The summed E-state index contributed by atoms with van der Waals surface area (Å²) in [4.78, 5) is 11.9. The van der Waals surface area contributed by atoms with Gasteiger partial charge in [-0.05, 0) is 38.0 Å². The minimum atomic E-state index is -3.83. The molecule has 0 bridgehead atoms. The van der Waals surface area contributed by atoms with E-state index >= 15 is 0 Å². The van der Waals surface area contributed by atoms with E-state index in [9.17, 15) is 13.2 Å². The smallest absolute Gasteiger partial charge is 0.309 e. The average molecular weight is 376 g/mol. The maximum absolute atomic E-state index is 13.1. The van der Waals surface area contributed by atoms with Gasteiger partial charge in [-0.15, -0.1) is 0 Å². The van der Waals surface area contributed by atoms with Gasteiger partial charge in [0.2, 0.25) is 10.0 Å². The fourth-order valence-corrected chi connectivity index (χ4v) is 4.61. The molecule has 24 heavy (non-hydrogen) atoms. The van der Waals surface area contributed by atoms with Crippen LogP contribution in [0.25, 0.3) is 0 Å². The zero-order valence-electron chi connectivity index (χ0n) is 14.0. The summed E-state index contributed by atoms with van der Waals surface area (Å²) in [5.74, 6) is -0.726. The van der Waals surface area contributed by atoms with Crippen LogP contribution in [0.4, 0.5) is 0 Å². The van der Waals surface area contributed by atoms with E-state index < -0.39 is 21.9 Å². The molecule has 1 fully saturated rings. The summed E-state index contributed by atoms with van der Waals surface area (Å²) >= 11 is 5.96. The Bertz CT molecular complexity index is 702. The number of esters is 1. The van der Waals surface area contributed by atoms with Crippen LogP contribution >= 0.6 is 11.6 Å². The van der Waals surface area contributed by atoms with Crippen molar-refractivity contribution in [2.45, 2.75) is 37.6 Å². The lowest BCUT2D eigenvalue weighted by molar-refractivity contribution is -0.147. The third-order valence-electron chi connectivity index (χ3n) is 3.81. The molecule has 1 aromatic rings. The molecule has 2 rings (SSSR count). The molecule has 1 aliphatic rings. The van der Waals surface area contributed by atoms with Crippen LogP contribution in [-0.4, -0.2) is 45.0 Å². The van der Waals surface area contributed by atoms with Gasteiger partial charge in [-0.2, -0.15) is 4.31 Å². The third kappa shape index (κ3) is 4.20. The molecule has 0 aliphatic heterocycles. The van der Waals surface area contributed by atoms with Crippen LogP contribution in [0.2, 0.25) is 5.02 Å². The fraction of sp³-hybridized carbons (Fsp3) is 0.562. The molecule has 1 aliphatic carbocycles. The van der Waals surface area contributed by atoms with Gasteiger partial charge in [0.05, 0.1) is 19.6 Å². The molecular weight excluding hydrogens is 354 g/mol. The number of sulfonamides is 1. The molecule has 134 valence electrons. The largest absolute Gasteiger partial charge is 0.495 e. The molecule has 1 atom stereocenters. The standard InChI is InChI=1S/C16H22ClNO5S/c1-4-23-16(19)11(2)10-18(13-6-7-13)24(20,21)15-9-12(17)5-8-14(15)22-3/h5,8-9,11,13H,4,6-7,10H2,1-3H3. The zero-order chi connectivity index (χ0) is 17.9. The molecule has 0 spiro atoms.